The van der Waals surface area contributed by atoms with Crippen LogP contribution in [0.1, 0.15) is 36.0 Å². The average molecular weight is 334 g/mol. The number of rotatable bonds is 4. The Hall–Kier alpha value is -1.15. The topological polar surface area (TPSA) is 104 Å². The highest BCUT2D eigenvalue weighted by atomic mass is 35.5. The number of sulfonamides is 1. The summed E-state index contributed by atoms with van der Waals surface area (Å²) < 4.78 is 27.0. The Balaban J connectivity index is 2.27. The highest BCUT2D eigenvalue weighted by Crippen LogP contribution is 2.23. The Kier molecular flexibility index (Phi) is 4.88. The molecule has 1 aliphatic rings. The number of carbonyl (C=O) groups is 1. The number of carboxylic acid groups (broad SMARTS) is 1. The van der Waals surface area contributed by atoms with Gasteiger partial charge in [0.1, 0.15) is 0 Å². The predicted molar refractivity (Wildman–Crippen MR) is 77.0 cm³/mol. The van der Waals surface area contributed by atoms with Gasteiger partial charge in [-0.3, -0.25) is 0 Å². The van der Waals surface area contributed by atoms with Gasteiger partial charge in [0.15, 0.2) is 0 Å². The molecular formula is C13H16ClNO5S. The van der Waals surface area contributed by atoms with Gasteiger partial charge in [-0.15, -0.1) is 0 Å². The summed E-state index contributed by atoms with van der Waals surface area (Å²) in [6, 6.07) is 2.94. The maximum atomic E-state index is 12.3. The molecule has 1 fully saturated rings. The van der Waals surface area contributed by atoms with Crippen molar-refractivity contribution in [2.45, 2.75) is 42.7 Å². The van der Waals surface area contributed by atoms with E-state index in [1.165, 1.54) is 12.1 Å². The van der Waals surface area contributed by atoms with Crippen molar-refractivity contribution < 1.29 is 23.4 Å². The van der Waals surface area contributed by atoms with Crippen LogP contribution < -0.4 is 4.72 Å². The Bertz CT molecular complexity index is 646. The third-order valence-electron chi connectivity index (χ3n) is 3.51. The molecule has 0 unspecified atom stereocenters. The molecule has 0 bridgehead atoms. The van der Waals surface area contributed by atoms with Crippen molar-refractivity contribution in [3.63, 3.8) is 0 Å². The third kappa shape index (κ3) is 3.74. The molecule has 2 atom stereocenters. The van der Waals surface area contributed by atoms with E-state index in [0.717, 1.165) is 18.9 Å². The molecule has 3 N–H and O–H groups in total. The van der Waals surface area contributed by atoms with E-state index in [1.807, 2.05) is 0 Å². The van der Waals surface area contributed by atoms with Gasteiger partial charge in [0, 0.05) is 6.04 Å². The number of aromatic carboxylic acids is 1. The van der Waals surface area contributed by atoms with Gasteiger partial charge in [0.05, 0.1) is 21.6 Å². The van der Waals surface area contributed by atoms with Crippen molar-refractivity contribution in [1.29, 1.82) is 0 Å². The van der Waals surface area contributed by atoms with Crippen molar-refractivity contribution in [3.8, 4) is 0 Å². The van der Waals surface area contributed by atoms with Crippen LogP contribution >= 0.6 is 11.6 Å². The Morgan fingerprint density at radius 3 is 2.57 bits per heavy atom. The number of nitrogens with one attached hydrogen (secondary N) is 1. The lowest BCUT2D eigenvalue weighted by Crippen LogP contribution is -2.44. The lowest BCUT2D eigenvalue weighted by molar-refractivity contribution is 0.0696. The quantitative estimate of drug-likeness (QED) is 0.776. The normalized spacial score (nSPS) is 23.0. The zero-order valence-electron chi connectivity index (χ0n) is 11.1. The second-order valence-corrected chi connectivity index (χ2v) is 7.15. The minimum absolute atomic E-state index is 0.0286. The zero-order chi connectivity index (χ0) is 15.6. The number of hydrogen-bond donors (Lipinski definition) is 3. The minimum Gasteiger partial charge on any atom is -0.478 e. The Morgan fingerprint density at radius 2 is 1.95 bits per heavy atom. The lowest BCUT2D eigenvalue weighted by Gasteiger charge is -2.28. The van der Waals surface area contributed by atoms with Gasteiger partial charge >= 0.3 is 5.97 Å². The van der Waals surface area contributed by atoms with Crippen molar-refractivity contribution in [2.24, 2.45) is 0 Å². The fourth-order valence-electron chi connectivity index (χ4n) is 2.35. The molecule has 0 aliphatic heterocycles. The molecule has 0 spiro atoms. The zero-order valence-corrected chi connectivity index (χ0v) is 12.7. The first-order valence-corrected chi connectivity index (χ1v) is 8.40. The summed E-state index contributed by atoms with van der Waals surface area (Å²) in [5.41, 5.74) is -0.274. The molecule has 0 amide bonds. The van der Waals surface area contributed by atoms with Crippen LogP contribution in [0.2, 0.25) is 5.02 Å². The number of halogens is 1. The SMILES string of the molecule is O=C(O)c1cc(S(=O)(=O)N[C@H]2CCCC[C@@H]2O)ccc1Cl. The summed E-state index contributed by atoms with van der Waals surface area (Å²) in [5.74, 6) is -1.30. The molecule has 21 heavy (non-hydrogen) atoms. The molecule has 6 nitrogen and oxygen atoms in total. The fourth-order valence-corrected chi connectivity index (χ4v) is 3.88. The van der Waals surface area contributed by atoms with Gasteiger partial charge in [-0.2, -0.15) is 0 Å². The first-order valence-electron chi connectivity index (χ1n) is 6.54. The standard InChI is InChI=1S/C13H16ClNO5S/c14-10-6-5-8(7-9(10)13(17)18)21(19,20)15-11-3-1-2-4-12(11)16/h5-7,11-12,15-16H,1-4H2,(H,17,18)/t11-,12-/m0/s1. The van der Waals surface area contributed by atoms with Crippen molar-refractivity contribution >= 4 is 27.6 Å². The average Bonchev–Trinajstić information content (AvgIpc) is 2.41. The van der Waals surface area contributed by atoms with E-state index < -0.39 is 28.1 Å². The summed E-state index contributed by atoms with van der Waals surface area (Å²) in [6.07, 6.45) is 2.09. The van der Waals surface area contributed by atoms with Crippen LogP contribution in [0.25, 0.3) is 0 Å². The summed E-state index contributed by atoms with van der Waals surface area (Å²) >= 11 is 5.72. The molecule has 1 aromatic rings. The molecule has 1 aromatic carbocycles. The molecule has 0 saturated heterocycles. The summed E-state index contributed by atoms with van der Waals surface area (Å²) in [7, 11) is -3.90. The Morgan fingerprint density at radius 1 is 1.29 bits per heavy atom. The van der Waals surface area contributed by atoms with Gasteiger partial charge in [-0.1, -0.05) is 24.4 Å². The number of aliphatic hydroxyl groups is 1. The van der Waals surface area contributed by atoms with Crippen LogP contribution in [-0.2, 0) is 10.0 Å². The monoisotopic (exact) mass is 333 g/mol. The summed E-state index contributed by atoms with van der Waals surface area (Å²) in [4.78, 5) is 10.8. The van der Waals surface area contributed by atoms with E-state index in [2.05, 4.69) is 4.72 Å². The van der Waals surface area contributed by atoms with Crippen molar-refractivity contribution in [3.05, 3.63) is 28.8 Å². The lowest BCUT2D eigenvalue weighted by atomic mass is 9.93. The first kappa shape index (κ1) is 16.2. The molecule has 8 heteroatoms. The molecule has 2 rings (SSSR count). The molecule has 1 aliphatic carbocycles. The van der Waals surface area contributed by atoms with E-state index >= 15 is 0 Å². The molecule has 0 radical (unpaired) electrons. The first-order chi connectivity index (χ1) is 9.81. The van der Waals surface area contributed by atoms with Crippen LogP contribution in [0, 0.1) is 0 Å². The van der Waals surface area contributed by atoms with Crippen LogP contribution in [0.3, 0.4) is 0 Å². The van der Waals surface area contributed by atoms with Gasteiger partial charge in [-0.25, -0.2) is 17.9 Å². The van der Waals surface area contributed by atoms with Crippen molar-refractivity contribution in [1.82, 2.24) is 4.72 Å². The van der Waals surface area contributed by atoms with Gasteiger partial charge in [-0.05, 0) is 31.0 Å². The second kappa shape index (κ2) is 6.31. The van der Waals surface area contributed by atoms with Crippen LogP contribution in [0.5, 0.6) is 0 Å². The second-order valence-electron chi connectivity index (χ2n) is 5.03. The third-order valence-corrected chi connectivity index (χ3v) is 5.33. The smallest absolute Gasteiger partial charge is 0.337 e. The summed E-state index contributed by atoms with van der Waals surface area (Å²) in [6.45, 7) is 0. The number of carboxylic acids is 1. The van der Waals surface area contributed by atoms with Crippen molar-refractivity contribution in [2.75, 3.05) is 0 Å². The maximum Gasteiger partial charge on any atom is 0.337 e. The number of hydrogen-bond acceptors (Lipinski definition) is 4. The highest BCUT2D eigenvalue weighted by molar-refractivity contribution is 7.89. The highest BCUT2D eigenvalue weighted by Gasteiger charge is 2.28. The molecular weight excluding hydrogens is 318 g/mol. The fraction of sp³-hybridized carbons (Fsp3) is 0.462. The van der Waals surface area contributed by atoms with Gasteiger partial charge < -0.3 is 10.2 Å². The van der Waals surface area contributed by atoms with E-state index in [-0.39, 0.29) is 15.5 Å². The van der Waals surface area contributed by atoms with E-state index in [0.29, 0.717) is 12.8 Å². The van der Waals surface area contributed by atoms with Crippen LogP contribution in [0.4, 0.5) is 0 Å². The number of aliphatic hydroxyl groups excluding tert-OH is 1. The van der Waals surface area contributed by atoms with Gasteiger partial charge in [0.25, 0.3) is 0 Å². The maximum absolute atomic E-state index is 12.3. The molecule has 116 valence electrons. The van der Waals surface area contributed by atoms with E-state index in [1.54, 1.807) is 0 Å². The van der Waals surface area contributed by atoms with E-state index in [9.17, 15) is 18.3 Å². The van der Waals surface area contributed by atoms with E-state index in [4.69, 9.17) is 16.7 Å². The molecule has 0 aromatic heterocycles. The minimum atomic E-state index is -3.90. The van der Waals surface area contributed by atoms with Crippen LogP contribution in [-0.4, -0.2) is 36.7 Å². The number of benzene rings is 1. The molecule has 0 heterocycles. The largest absolute Gasteiger partial charge is 0.478 e. The van der Waals surface area contributed by atoms with Gasteiger partial charge in [0.2, 0.25) is 10.0 Å². The molecule has 1 saturated carbocycles. The van der Waals surface area contributed by atoms with Crippen LogP contribution in [0.15, 0.2) is 23.1 Å². The Labute approximate surface area is 127 Å². The summed E-state index contributed by atoms with van der Waals surface area (Å²) in [5, 5.41) is 18.8. The predicted octanol–water partition coefficient (Wildman–Crippen LogP) is 1.62.